The van der Waals surface area contributed by atoms with Gasteiger partial charge < -0.3 is 18.3 Å². The summed E-state index contributed by atoms with van der Waals surface area (Å²) in [5.74, 6) is 0.564. The van der Waals surface area contributed by atoms with Crippen LogP contribution in [0, 0.1) is 6.92 Å². The van der Waals surface area contributed by atoms with E-state index in [-0.39, 0.29) is 25.3 Å². The molecule has 4 aromatic rings. The Morgan fingerprint density at radius 2 is 1.88 bits per heavy atom. The average molecular weight is 455 g/mol. The van der Waals surface area contributed by atoms with Crippen molar-refractivity contribution in [3.05, 3.63) is 74.9 Å². The van der Waals surface area contributed by atoms with E-state index in [2.05, 4.69) is 10.2 Å². The van der Waals surface area contributed by atoms with E-state index < -0.39 is 11.6 Å². The van der Waals surface area contributed by atoms with Gasteiger partial charge in [-0.15, -0.1) is 10.2 Å². The van der Waals surface area contributed by atoms with Crippen LogP contribution in [0.2, 0.25) is 5.02 Å². The second kappa shape index (κ2) is 9.23. The standard InChI is InChI=1S/C23H19ClN2O6/c1-13-17-8-7-16(29-2)11-19(17)31-23(28)18(13)9-10-21(27)30-12-20-25-26-22(32-20)14-3-5-15(24)6-4-14/h3-8,11H,9-10,12H2,1-2H3. The highest BCUT2D eigenvalue weighted by Crippen LogP contribution is 2.25. The molecule has 0 aliphatic rings. The number of halogens is 1. The molecule has 0 aliphatic heterocycles. The van der Waals surface area contributed by atoms with Crippen LogP contribution in [0.4, 0.5) is 0 Å². The lowest BCUT2D eigenvalue weighted by Gasteiger charge is -2.08. The summed E-state index contributed by atoms with van der Waals surface area (Å²) in [4.78, 5) is 24.6. The van der Waals surface area contributed by atoms with Gasteiger partial charge in [0.25, 0.3) is 5.89 Å². The van der Waals surface area contributed by atoms with Gasteiger partial charge in [-0.3, -0.25) is 4.79 Å². The number of esters is 1. The Balaban J connectivity index is 1.38. The Bertz CT molecular complexity index is 1330. The summed E-state index contributed by atoms with van der Waals surface area (Å²) >= 11 is 5.87. The molecule has 0 bridgehead atoms. The molecule has 0 atom stereocenters. The fourth-order valence-electron chi connectivity index (χ4n) is 3.25. The predicted octanol–water partition coefficient (Wildman–Crippen LogP) is 4.49. The minimum atomic E-state index is -0.495. The second-order valence-corrected chi connectivity index (χ2v) is 7.46. The van der Waals surface area contributed by atoms with Crippen LogP contribution in [0.5, 0.6) is 5.75 Å². The molecule has 8 nitrogen and oxygen atoms in total. The summed E-state index contributed by atoms with van der Waals surface area (Å²) in [6.45, 7) is 1.66. The number of fused-ring (bicyclic) bond motifs is 1. The van der Waals surface area contributed by atoms with Crippen LogP contribution in [-0.2, 0) is 22.6 Å². The predicted molar refractivity (Wildman–Crippen MR) is 117 cm³/mol. The highest BCUT2D eigenvalue weighted by molar-refractivity contribution is 6.30. The molecule has 9 heteroatoms. The van der Waals surface area contributed by atoms with Crippen molar-refractivity contribution in [3.63, 3.8) is 0 Å². The molecule has 0 unspecified atom stereocenters. The first-order valence-corrected chi connectivity index (χ1v) is 10.2. The van der Waals surface area contributed by atoms with Gasteiger partial charge in [0.05, 0.1) is 7.11 Å². The Morgan fingerprint density at radius 1 is 1.09 bits per heavy atom. The molecule has 0 saturated carbocycles. The molecule has 2 aromatic heterocycles. The van der Waals surface area contributed by atoms with E-state index in [1.54, 1.807) is 43.5 Å². The average Bonchev–Trinajstić information content (AvgIpc) is 3.26. The molecule has 0 radical (unpaired) electrons. The highest BCUT2D eigenvalue weighted by atomic mass is 35.5. The van der Waals surface area contributed by atoms with Crippen molar-refractivity contribution in [1.82, 2.24) is 10.2 Å². The maximum absolute atomic E-state index is 12.4. The highest BCUT2D eigenvalue weighted by Gasteiger charge is 2.15. The minimum Gasteiger partial charge on any atom is -0.497 e. The largest absolute Gasteiger partial charge is 0.497 e. The van der Waals surface area contributed by atoms with E-state index in [1.807, 2.05) is 13.0 Å². The molecule has 0 saturated heterocycles. The SMILES string of the molecule is COc1ccc2c(C)c(CCC(=O)OCc3nnc(-c4ccc(Cl)cc4)o3)c(=O)oc2c1. The Morgan fingerprint density at radius 3 is 2.62 bits per heavy atom. The number of hydrogen-bond donors (Lipinski definition) is 0. The summed E-state index contributed by atoms with van der Waals surface area (Å²) < 4.78 is 21.3. The quantitative estimate of drug-likeness (QED) is 0.297. The van der Waals surface area contributed by atoms with Gasteiger partial charge in [-0.25, -0.2) is 4.79 Å². The third kappa shape index (κ3) is 4.65. The number of ether oxygens (including phenoxy) is 2. The minimum absolute atomic E-state index is 0.00540. The Labute approximate surface area is 187 Å². The van der Waals surface area contributed by atoms with Crippen molar-refractivity contribution >= 4 is 28.5 Å². The number of nitrogens with zero attached hydrogens (tertiary/aromatic N) is 2. The lowest BCUT2D eigenvalue weighted by atomic mass is 10.0. The van der Waals surface area contributed by atoms with Crippen molar-refractivity contribution in [3.8, 4) is 17.2 Å². The summed E-state index contributed by atoms with van der Waals surface area (Å²) in [7, 11) is 1.54. The lowest BCUT2D eigenvalue weighted by Crippen LogP contribution is -2.14. The van der Waals surface area contributed by atoms with Crippen molar-refractivity contribution in [1.29, 1.82) is 0 Å². The zero-order valence-electron chi connectivity index (χ0n) is 17.4. The van der Waals surface area contributed by atoms with E-state index in [4.69, 9.17) is 29.9 Å². The topological polar surface area (TPSA) is 105 Å². The Kier molecular flexibility index (Phi) is 6.23. The number of benzene rings is 2. The van der Waals surface area contributed by atoms with Gasteiger partial charge in [-0.2, -0.15) is 0 Å². The summed E-state index contributed by atoms with van der Waals surface area (Å²) in [6.07, 6.45) is 0.195. The third-order valence-corrected chi connectivity index (χ3v) is 5.24. The first-order valence-electron chi connectivity index (χ1n) is 9.79. The van der Waals surface area contributed by atoms with Crippen LogP contribution >= 0.6 is 11.6 Å². The summed E-state index contributed by atoms with van der Waals surface area (Å²) in [5, 5.41) is 9.20. The van der Waals surface area contributed by atoms with Gasteiger partial charge in [0, 0.05) is 34.0 Å². The Hall–Kier alpha value is -3.65. The molecule has 2 aromatic carbocycles. The number of rotatable bonds is 7. The van der Waals surface area contributed by atoms with Crippen molar-refractivity contribution in [2.75, 3.05) is 7.11 Å². The zero-order chi connectivity index (χ0) is 22.7. The molecule has 0 fully saturated rings. The molecular weight excluding hydrogens is 436 g/mol. The first kappa shape index (κ1) is 21.6. The molecule has 0 amide bonds. The maximum atomic E-state index is 12.4. The van der Waals surface area contributed by atoms with Gasteiger partial charge in [-0.05, 0) is 55.3 Å². The molecule has 164 valence electrons. The number of methoxy groups -OCH3 is 1. The smallest absolute Gasteiger partial charge is 0.339 e. The zero-order valence-corrected chi connectivity index (χ0v) is 18.1. The molecule has 0 aliphatic carbocycles. The number of aryl methyl sites for hydroxylation is 1. The van der Waals surface area contributed by atoms with Gasteiger partial charge >= 0.3 is 11.6 Å². The fourth-order valence-corrected chi connectivity index (χ4v) is 3.38. The van der Waals surface area contributed by atoms with Crippen molar-refractivity contribution in [2.45, 2.75) is 26.4 Å². The molecular formula is C23H19ClN2O6. The van der Waals surface area contributed by atoms with Gasteiger partial charge in [0.2, 0.25) is 5.89 Å². The van der Waals surface area contributed by atoms with Crippen LogP contribution in [0.25, 0.3) is 22.4 Å². The van der Waals surface area contributed by atoms with Gasteiger partial charge in [-0.1, -0.05) is 11.6 Å². The van der Waals surface area contributed by atoms with E-state index >= 15 is 0 Å². The fraction of sp³-hybridized carbons (Fsp3) is 0.217. The van der Waals surface area contributed by atoms with Gasteiger partial charge in [0.1, 0.15) is 11.3 Å². The molecule has 4 rings (SSSR count). The van der Waals surface area contributed by atoms with E-state index in [0.717, 1.165) is 10.9 Å². The maximum Gasteiger partial charge on any atom is 0.339 e. The second-order valence-electron chi connectivity index (χ2n) is 7.02. The number of carbonyl (C=O) groups is 1. The van der Waals surface area contributed by atoms with Crippen LogP contribution < -0.4 is 10.4 Å². The number of aromatic nitrogens is 2. The third-order valence-electron chi connectivity index (χ3n) is 4.99. The lowest BCUT2D eigenvalue weighted by molar-refractivity contribution is -0.145. The monoisotopic (exact) mass is 454 g/mol. The normalized spacial score (nSPS) is 11.0. The number of hydrogen-bond acceptors (Lipinski definition) is 8. The first-order chi connectivity index (χ1) is 15.4. The molecule has 2 heterocycles. The van der Waals surface area contributed by atoms with E-state index in [1.165, 1.54) is 0 Å². The van der Waals surface area contributed by atoms with E-state index in [9.17, 15) is 9.59 Å². The van der Waals surface area contributed by atoms with E-state index in [0.29, 0.717) is 33.4 Å². The van der Waals surface area contributed by atoms with Crippen LogP contribution in [0.15, 0.2) is 56.1 Å². The van der Waals surface area contributed by atoms with Crippen molar-refractivity contribution in [2.24, 2.45) is 0 Å². The van der Waals surface area contributed by atoms with Crippen LogP contribution in [0.3, 0.4) is 0 Å². The number of carbonyl (C=O) groups excluding carboxylic acids is 1. The van der Waals surface area contributed by atoms with Crippen LogP contribution in [0.1, 0.15) is 23.4 Å². The molecule has 0 spiro atoms. The van der Waals surface area contributed by atoms with Gasteiger partial charge in [0.15, 0.2) is 6.61 Å². The van der Waals surface area contributed by atoms with Crippen LogP contribution in [-0.4, -0.2) is 23.3 Å². The molecule has 0 N–H and O–H groups in total. The summed E-state index contributed by atoms with van der Waals surface area (Å²) in [6, 6.07) is 12.2. The van der Waals surface area contributed by atoms with Crippen molar-refractivity contribution < 1.29 is 23.1 Å². The summed E-state index contributed by atoms with van der Waals surface area (Å²) in [5.41, 5.74) is 1.85. The molecule has 32 heavy (non-hydrogen) atoms.